The Balaban J connectivity index is 2.62. The SMILES string of the molecule is Cc1c(F)cc(C(=O)O)cc1S(=O)(=O)N(C)c1cccc(C#N)c1. The molecule has 6 nitrogen and oxygen atoms in total. The van der Waals surface area contributed by atoms with Gasteiger partial charge in [-0.3, -0.25) is 4.31 Å². The summed E-state index contributed by atoms with van der Waals surface area (Å²) in [6.45, 7) is 1.26. The molecule has 0 saturated heterocycles. The summed E-state index contributed by atoms with van der Waals surface area (Å²) in [4.78, 5) is 10.6. The number of carboxylic acids is 1. The van der Waals surface area contributed by atoms with Crippen molar-refractivity contribution in [3.05, 3.63) is 58.9 Å². The van der Waals surface area contributed by atoms with Crippen LogP contribution in [0.3, 0.4) is 0 Å². The molecule has 124 valence electrons. The van der Waals surface area contributed by atoms with Crippen LogP contribution in [0.25, 0.3) is 0 Å². The number of rotatable bonds is 4. The molecule has 2 aromatic rings. The Bertz CT molecular complexity index is 965. The molecule has 0 aliphatic rings. The summed E-state index contributed by atoms with van der Waals surface area (Å²) in [6.07, 6.45) is 0. The van der Waals surface area contributed by atoms with Gasteiger partial charge in [0.1, 0.15) is 5.82 Å². The average Bonchev–Trinajstić information content (AvgIpc) is 2.56. The molecule has 0 aliphatic heterocycles. The molecule has 0 fully saturated rings. The van der Waals surface area contributed by atoms with E-state index in [1.807, 2.05) is 6.07 Å². The molecule has 0 heterocycles. The Hall–Kier alpha value is -2.92. The summed E-state index contributed by atoms with van der Waals surface area (Å²) in [5.74, 6) is -2.35. The molecule has 1 N–H and O–H groups in total. The van der Waals surface area contributed by atoms with Gasteiger partial charge in [-0.05, 0) is 37.3 Å². The highest BCUT2D eigenvalue weighted by Gasteiger charge is 2.26. The van der Waals surface area contributed by atoms with Crippen molar-refractivity contribution in [2.75, 3.05) is 11.4 Å². The molecule has 0 aliphatic carbocycles. The molecule has 0 bridgehead atoms. The fourth-order valence-corrected chi connectivity index (χ4v) is 3.55. The van der Waals surface area contributed by atoms with Gasteiger partial charge in [0.2, 0.25) is 0 Å². The van der Waals surface area contributed by atoms with Crippen LogP contribution >= 0.6 is 0 Å². The third kappa shape index (κ3) is 3.07. The first-order valence-corrected chi connectivity index (χ1v) is 8.15. The summed E-state index contributed by atoms with van der Waals surface area (Å²) >= 11 is 0. The van der Waals surface area contributed by atoms with E-state index in [-0.39, 0.29) is 16.8 Å². The summed E-state index contributed by atoms with van der Waals surface area (Å²) in [5.41, 5.74) is -0.175. The van der Waals surface area contributed by atoms with E-state index in [9.17, 15) is 17.6 Å². The lowest BCUT2D eigenvalue weighted by atomic mass is 10.1. The Labute approximate surface area is 138 Å². The first-order valence-electron chi connectivity index (χ1n) is 6.71. The van der Waals surface area contributed by atoms with Gasteiger partial charge in [0.15, 0.2) is 0 Å². The van der Waals surface area contributed by atoms with Gasteiger partial charge >= 0.3 is 5.97 Å². The van der Waals surface area contributed by atoms with Crippen LogP contribution in [0.2, 0.25) is 0 Å². The number of nitrogens with zero attached hydrogens (tertiary/aromatic N) is 2. The number of hydrogen-bond donors (Lipinski definition) is 1. The zero-order valence-corrected chi connectivity index (χ0v) is 13.6. The molecule has 24 heavy (non-hydrogen) atoms. The van der Waals surface area contributed by atoms with Crippen LogP contribution in [-0.2, 0) is 10.0 Å². The van der Waals surface area contributed by atoms with E-state index >= 15 is 0 Å². The molecule has 0 atom stereocenters. The quantitative estimate of drug-likeness (QED) is 0.915. The third-order valence-corrected chi connectivity index (χ3v) is 5.43. The van der Waals surface area contributed by atoms with Gasteiger partial charge in [0.05, 0.1) is 27.8 Å². The Kier molecular flexibility index (Phi) is 4.57. The molecule has 0 amide bonds. The molecule has 0 aromatic heterocycles. The second-order valence-corrected chi connectivity index (χ2v) is 6.96. The van der Waals surface area contributed by atoms with E-state index in [1.54, 1.807) is 0 Å². The molecular weight excluding hydrogens is 335 g/mol. The fraction of sp³-hybridized carbons (Fsp3) is 0.125. The summed E-state index contributed by atoms with van der Waals surface area (Å²) in [7, 11) is -2.96. The van der Waals surface area contributed by atoms with Crippen molar-refractivity contribution in [2.45, 2.75) is 11.8 Å². The number of carbonyl (C=O) groups is 1. The normalized spacial score (nSPS) is 10.9. The van der Waals surface area contributed by atoms with Crippen LogP contribution in [0.4, 0.5) is 10.1 Å². The maximum absolute atomic E-state index is 13.9. The standard InChI is InChI=1S/C16H13FN2O4S/c1-10-14(17)7-12(16(20)21)8-15(10)24(22,23)19(2)13-5-3-4-11(6-13)9-18/h3-8H,1-2H3,(H,20,21). The summed E-state index contributed by atoms with van der Waals surface area (Å²) < 4.78 is 40.3. The van der Waals surface area contributed by atoms with Gasteiger partial charge in [-0.2, -0.15) is 5.26 Å². The fourth-order valence-electron chi connectivity index (χ4n) is 2.10. The average molecular weight is 348 g/mol. The minimum atomic E-state index is -4.21. The van der Waals surface area contributed by atoms with E-state index in [0.717, 1.165) is 16.4 Å². The van der Waals surface area contributed by atoms with Crippen molar-refractivity contribution in [3.8, 4) is 6.07 Å². The smallest absolute Gasteiger partial charge is 0.335 e. The number of carboxylic acid groups (broad SMARTS) is 1. The van der Waals surface area contributed by atoms with Crippen LogP contribution < -0.4 is 4.31 Å². The largest absolute Gasteiger partial charge is 0.478 e. The Morgan fingerprint density at radius 3 is 2.54 bits per heavy atom. The van der Waals surface area contributed by atoms with Crippen LogP contribution in [0.15, 0.2) is 41.3 Å². The zero-order chi connectivity index (χ0) is 18.1. The number of benzene rings is 2. The predicted molar refractivity (Wildman–Crippen MR) is 84.8 cm³/mol. The Morgan fingerprint density at radius 1 is 1.29 bits per heavy atom. The molecule has 0 spiro atoms. The van der Waals surface area contributed by atoms with Gasteiger partial charge in [-0.1, -0.05) is 6.07 Å². The maximum atomic E-state index is 13.9. The van der Waals surface area contributed by atoms with Crippen molar-refractivity contribution in [2.24, 2.45) is 0 Å². The van der Waals surface area contributed by atoms with Crippen LogP contribution in [0, 0.1) is 24.1 Å². The number of nitriles is 1. The van der Waals surface area contributed by atoms with E-state index in [2.05, 4.69) is 0 Å². The lowest BCUT2D eigenvalue weighted by Crippen LogP contribution is -2.27. The number of hydrogen-bond acceptors (Lipinski definition) is 4. The van der Waals surface area contributed by atoms with E-state index in [4.69, 9.17) is 10.4 Å². The number of aromatic carboxylic acids is 1. The summed E-state index contributed by atoms with van der Waals surface area (Å²) in [5, 5.41) is 17.9. The lowest BCUT2D eigenvalue weighted by molar-refractivity contribution is 0.0696. The number of halogens is 1. The van der Waals surface area contributed by atoms with Crippen molar-refractivity contribution >= 4 is 21.7 Å². The van der Waals surface area contributed by atoms with Crippen LogP contribution in [0.1, 0.15) is 21.5 Å². The van der Waals surface area contributed by atoms with Gasteiger partial charge in [-0.25, -0.2) is 17.6 Å². The molecule has 0 unspecified atom stereocenters. The molecule has 8 heteroatoms. The molecule has 2 aromatic carbocycles. The lowest BCUT2D eigenvalue weighted by Gasteiger charge is -2.21. The second kappa shape index (κ2) is 6.29. The number of anilines is 1. The highest BCUT2D eigenvalue weighted by atomic mass is 32.2. The Morgan fingerprint density at radius 2 is 1.96 bits per heavy atom. The predicted octanol–water partition coefficient (Wildman–Crippen LogP) is 2.53. The van der Waals surface area contributed by atoms with Crippen molar-refractivity contribution in [3.63, 3.8) is 0 Å². The van der Waals surface area contributed by atoms with Crippen molar-refractivity contribution in [1.82, 2.24) is 0 Å². The first-order chi connectivity index (χ1) is 11.2. The zero-order valence-electron chi connectivity index (χ0n) is 12.8. The van der Waals surface area contributed by atoms with Gasteiger partial charge in [-0.15, -0.1) is 0 Å². The van der Waals surface area contributed by atoms with Gasteiger partial charge in [0, 0.05) is 12.6 Å². The molecular formula is C16H13FN2O4S. The third-order valence-electron chi connectivity index (χ3n) is 3.52. The van der Waals surface area contributed by atoms with Crippen LogP contribution in [0.5, 0.6) is 0 Å². The second-order valence-electron chi connectivity index (χ2n) is 5.02. The number of sulfonamides is 1. The van der Waals surface area contributed by atoms with Crippen LogP contribution in [-0.4, -0.2) is 26.5 Å². The first kappa shape index (κ1) is 17.4. The molecule has 0 saturated carbocycles. The van der Waals surface area contributed by atoms with Crippen molar-refractivity contribution in [1.29, 1.82) is 5.26 Å². The minimum absolute atomic E-state index is 0.178. The summed E-state index contributed by atoms with van der Waals surface area (Å²) in [6, 6.07) is 9.46. The molecule has 0 radical (unpaired) electrons. The van der Waals surface area contributed by atoms with Gasteiger partial charge in [0.25, 0.3) is 10.0 Å². The van der Waals surface area contributed by atoms with E-state index in [0.29, 0.717) is 0 Å². The maximum Gasteiger partial charge on any atom is 0.335 e. The topological polar surface area (TPSA) is 98.5 Å². The monoisotopic (exact) mass is 348 g/mol. The highest BCUT2D eigenvalue weighted by molar-refractivity contribution is 7.92. The molecule has 2 rings (SSSR count). The van der Waals surface area contributed by atoms with Gasteiger partial charge < -0.3 is 5.11 Å². The van der Waals surface area contributed by atoms with E-state index in [1.165, 1.54) is 38.2 Å². The highest BCUT2D eigenvalue weighted by Crippen LogP contribution is 2.27. The van der Waals surface area contributed by atoms with Crippen molar-refractivity contribution < 1.29 is 22.7 Å². The minimum Gasteiger partial charge on any atom is -0.478 e. The van der Waals surface area contributed by atoms with E-state index < -0.39 is 32.3 Å².